The zero-order valence-corrected chi connectivity index (χ0v) is 54.6. The minimum Gasteiger partial charge on any atom is -0.466 e. The van der Waals surface area contributed by atoms with E-state index in [9.17, 15) is 19.8 Å². The lowest BCUT2D eigenvalue weighted by Gasteiger charge is -2.22. The lowest BCUT2D eigenvalue weighted by molar-refractivity contribution is -0.143. The summed E-state index contributed by atoms with van der Waals surface area (Å²) in [7, 11) is 0. The highest BCUT2D eigenvalue weighted by molar-refractivity contribution is 5.76. The van der Waals surface area contributed by atoms with Crippen LogP contribution in [0.5, 0.6) is 0 Å². The van der Waals surface area contributed by atoms with Crippen LogP contribution in [0.4, 0.5) is 0 Å². The van der Waals surface area contributed by atoms with Crippen LogP contribution >= 0.6 is 0 Å². The van der Waals surface area contributed by atoms with E-state index in [1.807, 2.05) is 0 Å². The number of hydrogen-bond donors (Lipinski definition) is 3. The Morgan fingerprint density at radius 1 is 0.338 bits per heavy atom. The molecular weight excluding hydrogens is 983 g/mol. The number of ether oxygens (including phenoxy) is 1. The quantitative estimate of drug-likeness (QED) is 0.0320. The Bertz CT molecular complexity index is 1210. The average Bonchev–Trinajstić information content (AvgIpc) is 3.46. The first-order valence-corrected chi connectivity index (χ1v) is 36.9. The molecule has 0 aromatic heterocycles. The molecule has 0 aromatic rings. The highest BCUT2D eigenvalue weighted by Crippen LogP contribution is 2.19. The van der Waals surface area contributed by atoms with Crippen molar-refractivity contribution >= 4 is 11.9 Å². The Balaban J connectivity index is 3.38. The number of amides is 1. The second-order valence-corrected chi connectivity index (χ2v) is 25.6. The van der Waals surface area contributed by atoms with Gasteiger partial charge < -0.3 is 20.3 Å². The summed E-state index contributed by atoms with van der Waals surface area (Å²) in [5.41, 5.74) is 0. The fourth-order valence-corrected chi connectivity index (χ4v) is 11.9. The van der Waals surface area contributed by atoms with E-state index < -0.39 is 12.1 Å². The third-order valence-electron chi connectivity index (χ3n) is 17.6. The number of esters is 1. The molecule has 0 radical (unpaired) electrons. The SMILES string of the molecule is CCCCCCCCCCCCCCCCCCCCCCCC(O)C(CO)NC(=O)CCCCCCCCCCC/C=C\CCCCCCCCCCCCCCOC(=O)CCCCCCCCCCCCCCCCCCC. The molecule has 476 valence electrons. The van der Waals surface area contributed by atoms with Crippen LogP contribution < -0.4 is 5.32 Å². The predicted molar refractivity (Wildman–Crippen MR) is 352 cm³/mol. The van der Waals surface area contributed by atoms with E-state index >= 15 is 0 Å². The molecule has 6 nitrogen and oxygen atoms in total. The zero-order valence-electron chi connectivity index (χ0n) is 54.6. The molecule has 0 saturated heterocycles. The molecular formula is C74H145NO5. The van der Waals surface area contributed by atoms with Crippen molar-refractivity contribution in [3.05, 3.63) is 12.2 Å². The summed E-state index contributed by atoms with van der Waals surface area (Å²) in [4.78, 5) is 24.7. The van der Waals surface area contributed by atoms with E-state index in [0.29, 0.717) is 25.9 Å². The molecule has 0 spiro atoms. The van der Waals surface area contributed by atoms with Crippen LogP contribution in [0.25, 0.3) is 0 Å². The molecule has 80 heavy (non-hydrogen) atoms. The number of carbonyl (C=O) groups is 2. The van der Waals surface area contributed by atoms with Crippen LogP contribution in [0.1, 0.15) is 425 Å². The molecule has 2 unspecified atom stereocenters. The molecule has 0 saturated carbocycles. The summed E-state index contributed by atoms with van der Waals surface area (Å²) in [6, 6.07) is -0.544. The van der Waals surface area contributed by atoms with Gasteiger partial charge in [0, 0.05) is 12.8 Å². The van der Waals surface area contributed by atoms with E-state index in [1.165, 1.54) is 353 Å². The predicted octanol–water partition coefficient (Wildman–Crippen LogP) is 23.9. The molecule has 0 heterocycles. The summed E-state index contributed by atoms with van der Waals surface area (Å²) in [5, 5.41) is 23.4. The highest BCUT2D eigenvalue weighted by atomic mass is 16.5. The highest BCUT2D eigenvalue weighted by Gasteiger charge is 2.20. The summed E-state index contributed by atoms with van der Waals surface area (Å²) in [5.74, 6) is -0.0142. The van der Waals surface area contributed by atoms with E-state index in [1.54, 1.807) is 0 Å². The second-order valence-electron chi connectivity index (χ2n) is 25.6. The van der Waals surface area contributed by atoms with Gasteiger partial charge in [0.2, 0.25) is 5.91 Å². The third kappa shape index (κ3) is 65.7. The average molecular weight is 1130 g/mol. The first-order chi connectivity index (χ1) is 39.5. The molecule has 6 heteroatoms. The zero-order chi connectivity index (χ0) is 57.8. The van der Waals surface area contributed by atoms with Gasteiger partial charge in [-0.3, -0.25) is 9.59 Å². The van der Waals surface area contributed by atoms with Crippen LogP contribution in [-0.4, -0.2) is 47.4 Å². The van der Waals surface area contributed by atoms with Crippen molar-refractivity contribution in [2.75, 3.05) is 13.2 Å². The number of unbranched alkanes of at least 4 members (excludes halogenated alkanes) is 57. The third-order valence-corrected chi connectivity index (χ3v) is 17.6. The summed E-state index contributed by atoms with van der Waals surface area (Å²) in [6.07, 6.45) is 87.0. The van der Waals surface area contributed by atoms with Gasteiger partial charge in [-0.15, -0.1) is 0 Å². The van der Waals surface area contributed by atoms with Crippen LogP contribution in [-0.2, 0) is 14.3 Å². The molecule has 0 aliphatic heterocycles. The fourth-order valence-electron chi connectivity index (χ4n) is 11.9. The fraction of sp³-hybridized carbons (Fsp3) is 0.946. The Kier molecular flexibility index (Phi) is 68.9. The first-order valence-electron chi connectivity index (χ1n) is 36.9. The Labute approximate surface area is 501 Å². The standard InChI is InChI=1S/C74H145NO5/c1-3-5-7-9-11-13-15-17-19-21-22-28-31-35-38-42-46-50-54-58-62-66-72(77)71(70-76)75-73(78)67-63-59-55-51-47-43-39-36-32-29-26-24-23-25-27-30-33-37-41-45-49-53-57-61-65-69-80-74(79)68-64-60-56-52-48-44-40-34-20-18-16-14-12-10-8-6-4-2/h24,26,71-72,76-77H,3-23,25,27-70H2,1-2H3,(H,75,78)/b26-24-. The normalized spacial score (nSPS) is 12.5. The van der Waals surface area contributed by atoms with Crippen molar-refractivity contribution in [2.45, 2.75) is 437 Å². The number of carbonyl (C=O) groups excluding carboxylic acids is 2. The van der Waals surface area contributed by atoms with Gasteiger partial charge in [0.1, 0.15) is 0 Å². The second kappa shape index (κ2) is 70.1. The maximum atomic E-state index is 12.5. The van der Waals surface area contributed by atoms with Crippen LogP contribution in [0, 0.1) is 0 Å². The molecule has 0 rings (SSSR count). The molecule has 0 aliphatic carbocycles. The van der Waals surface area contributed by atoms with E-state index in [4.69, 9.17) is 4.74 Å². The van der Waals surface area contributed by atoms with Crippen molar-refractivity contribution in [1.82, 2.24) is 5.32 Å². The van der Waals surface area contributed by atoms with E-state index in [-0.39, 0.29) is 18.5 Å². The van der Waals surface area contributed by atoms with E-state index in [0.717, 1.165) is 38.5 Å². The molecule has 0 fully saturated rings. The van der Waals surface area contributed by atoms with E-state index in [2.05, 4.69) is 31.3 Å². The van der Waals surface area contributed by atoms with Crippen LogP contribution in [0.3, 0.4) is 0 Å². The summed E-state index contributed by atoms with van der Waals surface area (Å²) >= 11 is 0. The maximum absolute atomic E-state index is 12.5. The molecule has 0 aromatic carbocycles. The van der Waals surface area contributed by atoms with Gasteiger partial charge in [0.25, 0.3) is 0 Å². The smallest absolute Gasteiger partial charge is 0.305 e. The number of hydrogen-bond acceptors (Lipinski definition) is 5. The van der Waals surface area contributed by atoms with Crippen LogP contribution in [0.15, 0.2) is 12.2 Å². The molecule has 3 N–H and O–H groups in total. The number of nitrogens with one attached hydrogen (secondary N) is 1. The van der Waals surface area contributed by atoms with Gasteiger partial charge in [0.05, 0.1) is 25.4 Å². The van der Waals surface area contributed by atoms with Crippen molar-refractivity contribution < 1.29 is 24.5 Å². The van der Waals surface area contributed by atoms with Crippen LogP contribution in [0.2, 0.25) is 0 Å². The molecule has 2 atom stereocenters. The minimum absolute atomic E-state index is 0.0187. The van der Waals surface area contributed by atoms with Gasteiger partial charge in [0.15, 0.2) is 0 Å². The summed E-state index contributed by atoms with van der Waals surface area (Å²) in [6.45, 7) is 5.00. The van der Waals surface area contributed by atoms with Crippen molar-refractivity contribution in [3.8, 4) is 0 Å². The first kappa shape index (κ1) is 78.6. The molecule has 1 amide bonds. The molecule has 0 bridgehead atoms. The monoisotopic (exact) mass is 1130 g/mol. The van der Waals surface area contributed by atoms with Gasteiger partial charge in [-0.1, -0.05) is 373 Å². The minimum atomic E-state index is -0.667. The lowest BCUT2D eigenvalue weighted by Crippen LogP contribution is -2.45. The van der Waals surface area contributed by atoms with Crippen molar-refractivity contribution in [1.29, 1.82) is 0 Å². The van der Waals surface area contributed by atoms with Gasteiger partial charge >= 0.3 is 5.97 Å². The van der Waals surface area contributed by atoms with Crippen molar-refractivity contribution in [3.63, 3.8) is 0 Å². The Morgan fingerprint density at radius 2 is 0.588 bits per heavy atom. The largest absolute Gasteiger partial charge is 0.466 e. The molecule has 0 aliphatic rings. The van der Waals surface area contributed by atoms with Crippen molar-refractivity contribution in [2.24, 2.45) is 0 Å². The topological polar surface area (TPSA) is 95.9 Å². The lowest BCUT2D eigenvalue weighted by atomic mass is 10.0. The Morgan fingerprint density at radius 3 is 0.887 bits per heavy atom. The summed E-state index contributed by atoms with van der Waals surface area (Å²) < 4.78 is 5.51. The maximum Gasteiger partial charge on any atom is 0.305 e. The number of allylic oxidation sites excluding steroid dienone is 2. The van der Waals surface area contributed by atoms with Gasteiger partial charge in [-0.25, -0.2) is 0 Å². The number of rotatable bonds is 70. The Hall–Kier alpha value is -1.40. The number of aliphatic hydroxyl groups is 2. The van der Waals surface area contributed by atoms with Gasteiger partial charge in [-0.05, 0) is 51.4 Å². The number of aliphatic hydroxyl groups excluding tert-OH is 2. The van der Waals surface area contributed by atoms with Gasteiger partial charge in [-0.2, -0.15) is 0 Å².